The average Bonchev–Trinajstić information content (AvgIpc) is 1.59. The standard InChI is InChI=1S/2C18H16ClN3O3.2C18H16FN3O3.C17H14ClN3O3/c1-18(2,13-3-5-14(19)6-4-13)25-16-8-10-21-22(16)15-11-12(17(23)24)7-9-20-15;1-2-15(12-3-5-14(19)6-4-12)25-17-8-10-21-22(17)16-11-13(18(23)24)7-9-20-16;1-18(2,13-3-5-14(19)6-4-13)25-16-8-10-21-22(16)15-11-12(17(23)24)7-9-20-15;1-2-15(12-3-5-14(19)6-4-12)25-17-8-10-21-22(17)16-11-13(18(23)24)7-9-20-16;1-11(12-2-4-14(18)5-3-12)24-16-7-9-20-21(16)15-10-13(17(22)23)6-8-19-15/h3-11H,1-2H3,(H,23,24);3-11,15H,2H2,1H3,(H,23,24);3-11H,1-2H3,(H,23,24);3-11,15H,2H2,1H3,(H,23,24);2-11H,1H3,(H,22,23)/t;15-;;15-;11-/m.1.10/s1. The van der Waals surface area contributed by atoms with Crippen molar-refractivity contribution in [3.63, 3.8) is 0 Å². The van der Waals surface area contributed by atoms with E-state index in [0.717, 1.165) is 34.2 Å². The van der Waals surface area contributed by atoms with Crippen LogP contribution in [-0.2, 0) is 11.2 Å². The smallest absolute Gasteiger partial charge is 0.335 e. The van der Waals surface area contributed by atoms with Crippen LogP contribution < -0.4 is 23.7 Å². The second kappa shape index (κ2) is 41.3. The van der Waals surface area contributed by atoms with Crippen LogP contribution in [0.1, 0.15) is 159 Å². The Morgan fingerprint density at radius 2 is 0.565 bits per heavy atom. The zero-order valence-corrected chi connectivity index (χ0v) is 69.3. The molecule has 0 aliphatic rings. The van der Waals surface area contributed by atoms with Gasteiger partial charge in [-0.1, -0.05) is 109 Å². The average molecular weight is 1740 g/mol. The Bertz CT molecular complexity index is 5850. The van der Waals surface area contributed by atoms with E-state index in [9.17, 15) is 32.8 Å². The van der Waals surface area contributed by atoms with Gasteiger partial charge in [-0.05, 0) is 197 Å². The van der Waals surface area contributed by atoms with E-state index in [1.807, 2.05) is 97.0 Å². The molecule has 0 bridgehead atoms. The summed E-state index contributed by atoms with van der Waals surface area (Å²) in [6.45, 7) is 13.4. The number of ether oxygens (including phenoxy) is 5. The molecule has 5 aromatic carbocycles. The van der Waals surface area contributed by atoms with Gasteiger partial charge in [0.05, 0.1) is 58.8 Å². The number of aromatic carboxylic acids is 5. The third-order valence-corrected chi connectivity index (χ3v) is 19.0. The number of hydrogen-bond donors (Lipinski definition) is 5. The molecule has 15 aromatic rings. The van der Waals surface area contributed by atoms with Crippen LogP contribution in [0.4, 0.5) is 8.78 Å². The van der Waals surface area contributed by atoms with Gasteiger partial charge >= 0.3 is 29.8 Å². The molecular weight excluding hydrogens is 1660 g/mol. The highest BCUT2D eigenvalue weighted by Gasteiger charge is 2.28. The fourth-order valence-corrected chi connectivity index (χ4v) is 12.2. The van der Waals surface area contributed by atoms with Crippen LogP contribution >= 0.6 is 34.8 Å². The van der Waals surface area contributed by atoms with Gasteiger partial charge in [-0.15, -0.1) is 0 Å². The van der Waals surface area contributed by atoms with Crippen LogP contribution in [0.2, 0.25) is 15.1 Å². The maximum Gasteiger partial charge on any atom is 0.335 e. The van der Waals surface area contributed by atoms with Gasteiger partial charge in [0.15, 0.2) is 29.1 Å². The number of carboxylic acids is 5. The normalized spacial score (nSPS) is 11.7. The molecule has 3 atom stereocenters. The predicted octanol–water partition coefficient (Wildman–Crippen LogP) is 18.9. The first-order valence-electron chi connectivity index (χ1n) is 37.8. The number of carbonyl (C=O) groups is 5. The number of nitrogens with zero attached hydrogens (tertiary/aromatic N) is 15. The minimum Gasteiger partial charge on any atom is -0.478 e. The van der Waals surface area contributed by atoms with Crippen molar-refractivity contribution in [1.82, 2.24) is 73.8 Å². The molecule has 10 aromatic heterocycles. The molecule has 5 N–H and O–H groups in total. The zero-order chi connectivity index (χ0) is 88.8. The van der Waals surface area contributed by atoms with E-state index in [1.54, 1.807) is 104 Å². The molecule has 0 saturated heterocycles. The van der Waals surface area contributed by atoms with Gasteiger partial charge in [0.2, 0.25) is 29.4 Å². The fraction of sp³-hybridized carbons (Fsp3) is 0.157. The number of halogens is 5. The lowest BCUT2D eigenvalue weighted by Gasteiger charge is -2.27. The Morgan fingerprint density at radius 1 is 0.331 bits per heavy atom. The van der Waals surface area contributed by atoms with Crippen molar-refractivity contribution in [2.24, 2.45) is 0 Å². The van der Waals surface area contributed by atoms with Crippen LogP contribution in [0.15, 0.2) is 274 Å². The molecule has 0 aliphatic carbocycles. The Labute approximate surface area is 722 Å². The maximum absolute atomic E-state index is 13.1. The number of hydrogen-bond acceptors (Lipinski definition) is 20. The van der Waals surface area contributed by atoms with E-state index < -0.39 is 41.0 Å². The lowest BCUT2D eigenvalue weighted by Crippen LogP contribution is -2.26. The van der Waals surface area contributed by atoms with E-state index in [0.29, 0.717) is 80.0 Å². The highest BCUT2D eigenvalue weighted by molar-refractivity contribution is 6.31. The minimum absolute atomic E-state index is 0.101. The van der Waals surface area contributed by atoms with E-state index in [2.05, 4.69) is 50.4 Å². The third kappa shape index (κ3) is 23.7. The van der Waals surface area contributed by atoms with Crippen molar-refractivity contribution in [2.75, 3.05) is 0 Å². The lowest BCUT2D eigenvalue weighted by molar-refractivity contribution is 0.0686. The summed E-state index contributed by atoms with van der Waals surface area (Å²) in [6, 6.07) is 57.1. The summed E-state index contributed by atoms with van der Waals surface area (Å²) < 4.78 is 63.7. The van der Waals surface area contributed by atoms with Crippen LogP contribution in [-0.4, -0.2) is 129 Å². The summed E-state index contributed by atoms with van der Waals surface area (Å²) in [5, 5.41) is 68.4. The number of benzene rings is 5. The van der Waals surface area contributed by atoms with Crippen LogP contribution in [0, 0.1) is 11.6 Å². The Balaban J connectivity index is 0.000000151. The molecule has 0 spiro atoms. The molecule has 0 fully saturated rings. The van der Waals surface area contributed by atoms with Gasteiger partial charge in [-0.25, -0.2) is 57.7 Å². The quantitative estimate of drug-likeness (QED) is 0.0319. The first kappa shape index (κ1) is 89.8. The summed E-state index contributed by atoms with van der Waals surface area (Å²) in [6.07, 6.45) is 15.6. The minimum atomic E-state index is -1.05. The number of carboxylic acid groups (broad SMARTS) is 5. The molecule has 634 valence electrons. The number of rotatable bonds is 27. The largest absolute Gasteiger partial charge is 0.478 e. The van der Waals surface area contributed by atoms with Crippen molar-refractivity contribution >= 4 is 64.6 Å². The van der Waals surface area contributed by atoms with Gasteiger partial charge in [0.25, 0.3) is 0 Å². The molecule has 30 nitrogen and oxygen atoms in total. The van der Waals surface area contributed by atoms with Gasteiger partial charge < -0.3 is 49.2 Å². The fourth-order valence-electron chi connectivity index (χ4n) is 11.8. The summed E-state index contributed by atoms with van der Waals surface area (Å²) >= 11 is 17.8. The second-order valence-corrected chi connectivity index (χ2v) is 28.9. The van der Waals surface area contributed by atoms with Crippen molar-refractivity contribution < 1.29 is 82.0 Å². The monoisotopic (exact) mass is 1740 g/mol. The molecule has 124 heavy (non-hydrogen) atoms. The van der Waals surface area contributed by atoms with E-state index in [1.165, 1.54) is 146 Å². The van der Waals surface area contributed by atoms with Crippen LogP contribution in [0.5, 0.6) is 29.4 Å². The Morgan fingerprint density at radius 3 is 0.847 bits per heavy atom. The molecule has 0 saturated carbocycles. The molecule has 10 heterocycles. The molecule has 0 amide bonds. The predicted molar refractivity (Wildman–Crippen MR) is 452 cm³/mol. The van der Waals surface area contributed by atoms with E-state index in [4.69, 9.17) is 84.0 Å². The highest BCUT2D eigenvalue weighted by atomic mass is 35.5. The summed E-state index contributed by atoms with van der Waals surface area (Å²) in [4.78, 5) is 76.5. The van der Waals surface area contributed by atoms with Crippen LogP contribution in [0.3, 0.4) is 0 Å². The molecule has 0 radical (unpaired) electrons. The molecule has 15 rings (SSSR count). The van der Waals surface area contributed by atoms with Crippen molar-refractivity contribution in [3.05, 3.63) is 357 Å². The third-order valence-electron chi connectivity index (χ3n) is 18.3. The van der Waals surface area contributed by atoms with E-state index in [-0.39, 0.29) is 57.8 Å². The number of pyridine rings is 5. The van der Waals surface area contributed by atoms with E-state index >= 15 is 0 Å². The molecule has 35 heteroatoms. The Kier molecular flexibility index (Phi) is 29.9. The Hall–Kier alpha value is -15.0. The highest BCUT2D eigenvalue weighted by Crippen LogP contribution is 2.34. The zero-order valence-electron chi connectivity index (χ0n) is 67.0. The molecular formula is C89H78Cl3F2N15O15. The first-order valence-corrected chi connectivity index (χ1v) is 38.9. The molecule has 0 aliphatic heterocycles. The van der Waals surface area contributed by atoms with Crippen molar-refractivity contribution in [3.8, 4) is 58.5 Å². The molecule has 0 unspecified atom stereocenters. The lowest BCUT2D eigenvalue weighted by atomic mass is 9.98. The van der Waals surface area contributed by atoms with Gasteiger partial charge in [0, 0.05) is 76.4 Å². The maximum atomic E-state index is 13.1. The topological polar surface area (TPSA) is 386 Å². The summed E-state index contributed by atoms with van der Waals surface area (Å²) in [5.74, 6) is -1.79. The second-order valence-electron chi connectivity index (χ2n) is 27.6. The number of aromatic nitrogens is 15. The van der Waals surface area contributed by atoms with Crippen molar-refractivity contribution in [1.29, 1.82) is 0 Å². The summed E-state index contributed by atoms with van der Waals surface area (Å²) in [5.41, 5.74) is 3.72. The van der Waals surface area contributed by atoms with Gasteiger partial charge in [-0.2, -0.15) is 48.9 Å². The van der Waals surface area contributed by atoms with Gasteiger partial charge in [-0.3, -0.25) is 0 Å². The van der Waals surface area contributed by atoms with Gasteiger partial charge in [0.1, 0.15) is 41.1 Å². The summed E-state index contributed by atoms with van der Waals surface area (Å²) in [7, 11) is 0. The van der Waals surface area contributed by atoms with Crippen molar-refractivity contribution in [2.45, 2.75) is 90.8 Å². The van der Waals surface area contributed by atoms with Crippen LogP contribution in [0.25, 0.3) is 29.1 Å². The first-order chi connectivity index (χ1) is 59.4. The SMILES string of the molecule is CC(C)(Oc1ccnn1-c1cc(C(=O)O)ccn1)c1ccc(Cl)cc1.CC(C)(Oc1ccnn1-c1cc(C(=O)O)ccn1)c1ccc(F)cc1.CC[C@@H](Oc1ccnn1-c1cc(C(=O)O)ccn1)c1ccc(Cl)cc1.CC[C@@H](Oc1ccnn1-c1cc(C(=O)O)ccn1)c1ccc(F)cc1.C[C@H](Oc1ccnn1-c1cc(C(=O)O)ccn1)c1ccc(Cl)cc1.